The zero-order valence-corrected chi connectivity index (χ0v) is 13.5. The summed E-state index contributed by atoms with van der Waals surface area (Å²) in [4.78, 5) is 21.7. The van der Waals surface area contributed by atoms with Crippen molar-refractivity contribution >= 4 is 0 Å². The van der Waals surface area contributed by atoms with Gasteiger partial charge in [-0.2, -0.15) is 5.10 Å². The molecule has 0 fully saturated rings. The second kappa shape index (κ2) is 6.04. The Kier molecular flexibility index (Phi) is 4.11. The lowest BCUT2D eigenvalue weighted by atomic mass is 10.1. The SMILES string of the molecule is CCCn1ncc(CN2CCc3nc(C)[nH]c(=O)c3C2)c1C. The highest BCUT2D eigenvalue weighted by molar-refractivity contribution is 5.22. The van der Waals surface area contributed by atoms with Crippen LogP contribution in [0.3, 0.4) is 0 Å². The van der Waals surface area contributed by atoms with Crippen molar-refractivity contribution in [1.29, 1.82) is 0 Å². The van der Waals surface area contributed by atoms with E-state index in [4.69, 9.17) is 0 Å². The summed E-state index contributed by atoms with van der Waals surface area (Å²) in [7, 11) is 0. The van der Waals surface area contributed by atoms with Gasteiger partial charge in [-0.25, -0.2) is 4.98 Å². The van der Waals surface area contributed by atoms with Crippen LogP contribution >= 0.6 is 0 Å². The Balaban J connectivity index is 1.77. The van der Waals surface area contributed by atoms with Gasteiger partial charge in [-0.1, -0.05) is 6.92 Å². The number of nitrogens with zero attached hydrogens (tertiary/aromatic N) is 4. The fraction of sp³-hybridized carbons (Fsp3) is 0.562. The van der Waals surface area contributed by atoms with Gasteiger partial charge in [-0.15, -0.1) is 0 Å². The molecule has 0 spiro atoms. The molecule has 2 aromatic heterocycles. The second-order valence-electron chi connectivity index (χ2n) is 6.02. The maximum atomic E-state index is 12.1. The van der Waals surface area contributed by atoms with Crippen molar-refractivity contribution in [1.82, 2.24) is 24.6 Å². The molecule has 0 saturated carbocycles. The topological polar surface area (TPSA) is 66.8 Å². The summed E-state index contributed by atoms with van der Waals surface area (Å²) in [6.07, 6.45) is 3.87. The highest BCUT2D eigenvalue weighted by Gasteiger charge is 2.21. The molecule has 0 saturated heterocycles. The van der Waals surface area contributed by atoms with Gasteiger partial charge in [-0.3, -0.25) is 14.4 Å². The van der Waals surface area contributed by atoms with E-state index >= 15 is 0 Å². The number of rotatable bonds is 4. The monoisotopic (exact) mass is 301 g/mol. The second-order valence-corrected chi connectivity index (χ2v) is 6.02. The van der Waals surface area contributed by atoms with Crippen LogP contribution in [0.15, 0.2) is 11.0 Å². The van der Waals surface area contributed by atoms with Crippen molar-refractivity contribution in [3.05, 3.63) is 44.9 Å². The van der Waals surface area contributed by atoms with Crippen molar-refractivity contribution in [2.45, 2.75) is 53.2 Å². The molecule has 1 N–H and O–H groups in total. The maximum absolute atomic E-state index is 12.1. The van der Waals surface area contributed by atoms with E-state index in [1.807, 2.05) is 13.1 Å². The number of nitrogens with one attached hydrogen (secondary N) is 1. The van der Waals surface area contributed by atoms with Gasteiger partial charge in [0, 0.05) is 43.9 Å². The molecule has 0 amide bonds. The van der Waals surface area contributed by atoms with E-state index in [0.717, 1.165) is 43.7 Å². The zero-order chi connectivity index (χ0) is 15.7. The first-order valence-corrected chi connectivity index (χ1v) is 7.90. The average molecular weight is 301 g/mol. The smallest absolute Gasteiger partial charge is 0.255 e. The number of aromatic nitrogens is 4. The van der Waals surface area contributed by atoms with Gasteiger partial charge in [0.2, 0.25) is 0 Å². The minimum atomic E-state index is 0.00519. The molecule has 0 radical (unpaired) electrons. The van der Waals surface area contributed by atoms with Crippen LogP contribution in [0, 0.1) is 13.8 Å². The van der Waals surface area contributed by atoms with Crippen molar-refractivity contribution in [3.8, 4) is 0 Å². The summed E-state index contributed by atoms with van der Waals surface area (Å²) in [6, 6.07) is 0. The van der Waals surface area contributed by atoms with Crippen LogP contribution in [-0.2, 0) is 26.1 Å². The van der Waals surface area contributed by atoms with E-state index in [1.54, 1.807) is 0 Å². The van der Waals surface area contributed by atoms with Crippen LogP contribution in [-0.4, -0.2) is 31.2 Å². The third-order valence-electron chi connectivity index (χ3n) is 4.30. The molecule has 1 aliphatic rings. The third kappa shape index (κ3) is 2.83. The summed E-state index contributed by atoms with van der Waals surface area (Å²) in [5.74, 6) is 0.703. The average Bonchev–Trinajstić information content (AvgIpc) is 2.81. The Morgan fingerprint density at radius 2 is 2.18 bits per heavy atom. The number of aromatic amines is 1. The lowest BCUT2D eigenvalue weighted by molar-refractivity contribution is 0.241. The van der Waals surface area contributed by atoms with Gasteiger partial charge < -0.3 is 4.98 Å². The third-order valence-corrected chi connectivity index (χ3v) is 4.30. The molecule has 3 heterocycles. The highest BCUT2D eigenvalue weighted by Crippen LogP contribution is 2.18. The predicted molar refractivity (Wildman–Crippen MR) is 84.7 cm³/mol. The van der Waals surface area contributed by atoms with Crippen LogP contribution in [0.2, 0.25) is 0 Å². The molecule has 0 unspecified atom stereocenters. The predicted octanol–water partition coefficient (Wildman–Crippen LogP) is 1.55. The molecule has 2 aromatic rings. The molecule has 6 nitrogen and oxygen atoms in total. The summed E-state index contributed by atoms with van der Waals surface area (Å²) < 4.78 is 2.06. The largest absolute Gasteiger partial charge is 0.310 e. The molecule has 6 heteroatoms. The van der Waals surface area contributed by atoms with Crippen LogP contribution in [0.25, 0.3) is 0 Å². The first-order valence-electron chi connectivity index (χ1n) is 7.90. The van der Waals surface area contributed by atoms with Crippen LogP contribution < -0.4 is 5.56 Å². The molecule has 1 aliphatic heterocycles. The zero-order valence-electron chi connectivity index (χ0n) is 13.5. The van der Waals surface area contributed by atoms with Gasteiger partial charge in [0.25, 0.3) is 5.56 Å². The van der Waals surface area contributed by atoms with Gasteiger partial charge in [0.1, 0.15) is 5.82 Å². The number of hydrogen-bond donors (Lipinski definition) is 1. The van der Waals surface area contributed by atoms with Crippen molar-refractivity contribution in [2.75, 3.05) is 6.54 Å². The van der Waals surface area contributed by atoms with E-state index in [1.165, 1.54) is 11.3 Å². The van der Waals surface area contributed by atoms with Crippen molar-refractivity contribution < 1.29 is 0 Å². The fourth-order valence-corrected chi connectivity index (χ4v) is 3.06. The van der Waals surface area contributed by atoms with Gasteiger partial charge in [0.05, 0.1) is 17.5 Å². The van der Waals surface area contributed by atoms with Crippen LogP contribution in [0.4, 0.5) is 0 Å². The summed E-state index contributed by atoms with van der Waals surface area (Å²) in [5, 5.41) is 4.45. The number of hydrogen-bond acceptors (Lipinski definition) is 4. The number of aryl methyl sites for hydroxylation is 2. The molecule has 0 atom stereocenters. The van der Waals surface area contributed by atoms with E-state index in [2.05, 4.69) is 38.5 Å². The highest BCUT2D eigenvalue weighted by atomic mass is 16.1. The minimum Gasteiger partial charge on any atom is -0.310 e. The number of H-pyrrole nitrogens is 1. The molecular weight excluding hydrogens is 278 g/mol. The molecule has 3 rings (SSSR count). The van der Waals surface area contributed by atoms with Crippen LogP contribution in [0.5, 0.6) is 0 Å². The molecule has 0 aliphatic carbocycles. The molecule has 0 bridgehead atoms. The first kappa shape index (κ1) is 15.0. The number of fused-ring (bicyclic) bond motifs is 1. The molecule has 118 valence electrons. The standard InChI is InChI=1S/C16H23N5O/c1-4-6-21-11(2)13(8-17-21)9-20-7-5-15-14(10-20)16(22)19-12(3)18-15/h8H,4-7,9-10H2,1-3H3,(H,18,19,22). The Hall–Kier alpha value is -1.95. The van der Waals surface area contributed by atoms with Crippen molar-refractivity contribution in [2.24, 2.45) is 0 Å². The lowest BCUT2D eigenvalue weighted by Crippen LogP contribution is -2.35. The summed E-state index contributed by atoms with van der Waals surface area (Å²) >= 11 is 0. The van der Waals surface area contributed by atoms with E-state index in [-0.39, 0.29) is 5.56 Å². The first-order chi connectivity index (χ1) is 10.6. The van der Waals surface area contributed by atoms with Crippen LogP contribution in [0.1, 0.15) is 41.7 Å². The quantitative estimate of drug-likeness (QED) is 0.930. The Morgan fingerprint density at radius 3 is 2.95 bits per heavy atom. The Bertz CT molecular complexity index is 731. The Morgan fingerprint density at radius 1 is 1.36 bits per heavy atom. The molecular formula is C16H23N5O. The van der Waals surface area contributed by atoms with E-state index in [0.29, 0.717) is 12.4 Å². The van der Waals surface area contributed by atoms with E-state index < -0.39 is 0 Å². The summed E-state index contributed by atoms with van der Waals surface area (Å²) in [5.41, 5.74) is 4.24. The summed E-state index contributed by atoms with van der Waals surface area (Å²) in [6.45, 7) is 9.49. The van der Waals surface area contributed by atoms with Crippen molar-refractivity contribution in [3.63, 3.8) is 0 Å². The molecule has 0 aromatic carbocycles. The lowest BCUT2D eigenvalue weighted by Gasteiger charge is -2.27. The Labute approximate surface area is 130 Å². The normalized spacial score (nSPS) is 15.0. The fourth-order valence-electron chi connectivity index (χ4n) is 3.06. The minimum absolute atomic E-state index is 0.00519. The van der Waals surface area contributed by atoms with Gasteiger partial charge in [0.15, 0.2) is 0 Å². The molecule has 22 heavy (non-hydrogen) atoms. The maximum Gasteiger partial charge on any atom is 0.255 e. The van der Waals surface area contributed by atoms with Gasteiger partial charge >= 0.3 is 0 Å². The van der Waals surface area contributed by atoms with E-state index in [9.17, 15) is 4.79 Å². The van der Waals surface area contributed by atoms with Gasteiger partial charge in [-0.05, 0) is 20.3 Å².